The molecule has 0 unspecified atom stereocenters. The normalized spacial score (nSPS) is 5.50. The molecule has 0 radical (unpaired) electrons. The minimum atomic E-state index is -2.05. The Hall–Kier alpha value is 0.801. The van der Waals surface area contributed by atoms with Crippen LogP contribution in [0, 0.1) is 0 Å². The second-order valence-electron chi connectivity index (χ2n) is 0.333. The second kappa shape index (κ2) is 5.80. The van der Waals surface area contributed by atoms with Gasteiger partial charge in [0.15, 0.2) is 0 Å². The molecule has 0 amide bonds. The van der Waals surface area contributed by atoms with E-state index in [2.05, 4.69) is 4.89 Å². The summed E-state index contributed by atoms with van der Waals surface area (Å²) in [5.74, 6) is 0. The van der Waals surface area contributed by atoms with Crippen molar-refractivity contribution in [3.63, 3.8) is 0 Å². The molecule has 0 N–H and O–H groups in total. The summed E-state index contributed by atoms with van der Waals surface area (Å²) in [6.45, 7) is 0. The van der Waals surface area contributed by atoms with E-state index in [0.29, 0.717) is 0 Å². The number of carbonyl (C=O) groups excluding carboxylic acids is 1. The molecular weight excluding hydrogens is 213 g/mol. The van der Waals surface area contributed by atoms with Gasteiger partial charge in [-0.1, -0.05) is 0 Å². The van der Waals surface area contributed by atoms with Gasteiger partial charge >= 0.3 is 48.9 Å². The third-order valence-corrected chi connectivity index (χ3v) is 0.0680. The molecule has 0 aromatic carbocycles. The summed E-state index contributed by atoms with van der Waals surface area (Å²) < 4.78 is 0. The van der Waals surface area contributed by atoms with Crippen LogP contribution in [0.25, 0.3) is 0 Å². The Labute approximate surface area is 74.1 Å². The summed E-state index contributed by atoms with van der Waals surface area (Å²) in [5, 5.41) is 17.2. The van der Waals surface area contributed by atoms with Gasteiger partial charge in [0.05, 0.1) is 0 Å². The van der Waals surface area contributed by atoms with Gasteiger partial charge < -0.3 is 20.0 Å². The van der Waals surface area contributed by atoms with Gasteiger partial charge in [0, 0.05) is 0 Å². The molecule has 0 aromatic heterocycles. The van der Waals surface area contributed by atoms with Gasteiger partial charge in [-0.25, -0.2) is 0 Å². The first-order chi connectivity index (χ1) is 2.27. The maximum atomic E-state index is 8.72. The van der Waals surface area contributed by atoms with Gasteiger partial charge in [-0.05, 0) is 0 Å². The van der Waals surface area contributed by atoms with E-state index in [1.54, 1.807) is 0 Å². The van der Waals surface area contributed by atoms with Crippen LogP contribution in [0.4, 0.5) is 4.79 Å². The molecule has 0 fully saturated rings. The molecule has 0 aliphatic carbocycles. The molecule has 0 saturated heterocycles. The average Bonchev–Trinajstić information content (AvgIpc) is 1.38. The summed E-state index contributed by atoms with van der Waals surface area (Å²) in [6.07, 6.45) is -2.05. The first-order valence-corrected chi connectivity index (χ1v) is 0.779. The van der Waals surface area contributed by atoms with Crippen molar-refractivity contribution < 1.29 is 20.0 Å². The minimum Gasteiger partial charge on any atom is -0.755 e. The topological polar surface area (TPSA) is 72.4 Å². The fourth-order valence-corrected chi connectivity index (χ4v) is 0. The molecule has 0 aliphatic rings. The van der Waals surface area contributed by atoms with E-state index in [9.17, 15) is 0 Å². The monoisotopic (exact) mass is 214 g/mol. The molecule has 0 spiro atoms. The summed E-state index contributed by atoms with van der Waals surface area (Å²) in [7, 11) is 0. The summed E-state index contributed by atoms with van der Waals surface area (Å²) >= 11 is 0. The fraction of sp³-hybridized carbons (Fsp3) is 0. The van der Waals surface area contributed by atoms with Crippen LogP contribution in [-0.2, 0) is 4.89 Å². The van der Waals surface area contributed by atoms with E-state index in [1.807, 2.05) is 0 Å². The van der Waals surface area contributed by atoms with Crippen molar-refractivity contribution in [2.75, 3.05) is 0 Å². The predicted molar refractivity (Wildman–Crippen MR) is 12.2 cm³/mol. The summed E-state index contributed by atoms with van der Waals surface area (Å²) in [6, 6.07) is 0. The maximum Gasteiger partial charge on any atom is 2.00 e. The van der Waals surface area contributed by atoms with Crippen LogP contribution >= 0.6 is 0 Å². The predicted octanol–water partition coefficient (Wildman–Crippen LogP) is -2.76. The maximum absolute atomic E-state index is 8.72. The molecule has 4 nitrogen and oxygen atoms in total. The van der Waals surface area contributed by atoms with Crippen LogP contribution in [-0.4, -0.2) is 55.0 Å². The Morgan fingerprint density at radius 1 is 1.67 bits per heavy atom. The molecule has 0 saturated carbocycles. The van der Waals surface area contributed by atoms with Crippen molar-refractivity contribution in [1.82, 2.24) is 0 Å². The molecule has 0 bridgehead atoms. The van der Waals surface area contributed by atoms with Gasteiger partial charge in [0.1, 0.15) is 0 Å². The van der Waals surface area contributed by atoms with Crippen molar-refractivity contribution in [1.29, 1.82) is 0 Å². The van der Waals surface area contributed by atoms with Crippen LogP contribution in [0.15, 0.2) is 0 Å². The van der Waals surface area contributed by atoms with Gasteiger partial charge in [-0.15, -0.1) is 0 Å². The van der Waals surface area contributed by atoms with E-state index >= 15 is 0 Å². The SMILES string of the molecule is O=C([O-])O[O-].[Ba+2]. The van der Waals surface area contributed by atoms with Crippen molar-refractivity contribution in [2.24, 2.45) is 0 Å². The number of hydrogen-bond acceptors (Lipinski definition) is 4. The second-order valence-corrected chi connectivity index (χ2v) is 0.333. The van der Waals surface area contributed by atoms with E-state index in [4.69, 9.17) is 15.2 Å². The van der Waals surface area contributed by atoms with Gasteiger partial charge in [0.25, 0.3) is 0 Å². The number of rotatable bonds is 0. The Balaban J connectivity index is 0. The fourth-order valence-electron chi connectivity index (χ4n) is 0. The van der Waals surface area contributed by atoms with Crippen LogP contribution in [0.5, 0.6) is 0 Å². The van der Waals surface area contributed by atoms with E-state index < -0.39 is 6.16 Å². The molecule has 0 aromatic rings. The quantitative estimate of drug-likeness (QED) is 0.248. The smallest absolute Gasteiger partial charge is 0.755 e. The largest absolute Gasteiger partial charge is 2.00 e. The zero-order valence-corrected chi connectivity index (χ0v) is 7.28. The first kappa shape index (κ1) is 9.93. The third kappa shape index (κ3) is 8.84. The number of carbonyl (C=O) groups is 1. The van der Waals surface area contributed by atoms with Crippen LogP contribution < -0.4 is 10.4 Å². The summed E-state index contributed by atoms with van der Waals surface area (Å²) in [5.41, 5.74) is 0. The Morgan fingerprint density at radius 2 is 1.83 bits per heavy atom. The minimum absolute atomic E-state index is 0. The molecular formula is CBaO4. The standard InChI is InChI=1S/CH2O4.Ba/c2-1(3)5-4;/h4H,(H,2,3);/q;+2/p-2. The molecule has 0 aliphatic heterocycles. The van der Waals surface area contributed by atoms with Crippen LogP contribution in [0.3, 0.4) is 0 Å². The number of carboxylic acid groups (broad SMARTS) is 1. The molecule has 5 heteroatoms. The van der Waals surface area contributed by atoms with Crippen LogP contribution in [0.1, 0.15) is 0 Å². The first-order valence-electron chi connectivity index (χ1n) is 0.779. The van der Waals surface area contributed by atoms with E-state index in [-0.39, 0.29) is 48.9 Å². The van der Waals surface area contributed by atoms with Crippen molar-refractivity contribution in [3.05, 3.63) is 0 Å². The molecule has 0 rings (SSSR count). The third-order valence-electron chi connectivity index (χ3n) is 0.0680. The Kier molecular flexibility index (Phi) is 9.60. The van der Waals surface area contributed by atoms with Gasteiger partial charge in [-0.2, -0.15) is 0 Å². The zero-order valence-electron chi connectivity index (χ0n) is 2.84. The molecule has 30 valence electrons. The van der Waals surface area contributed by atoms with Gasteiger partial charge in [0.2, 0.25) is 6.16 Å². The average molecular weight is 213 g/mol. The Bertz CT molecular complexity index is 42.8. The van der Waals surface area contributed by atoms with Crippen LogP contribution in [0.2, 0.25) is 0 Å². The van der Waals surface area contributed by atoms with Crippen molar-refractivity contribution in [2.45, 2.75) is 0 Å². The van der Waals surface area contributed by atoms with E-state index in [1.165, 1.54) is 0 Å². The van der Waals surface area contributed by atoms with Gasteiger partial charge in [-0.3, -0.25) is 0 Å². The Morgan fingerprint density at radius 3 is 1.83 bits per heavy atom. The van der Waals surface area contributed by atoms with E-state index in [0.717, 1.165) is 0 Å². The molecule has 0 atom stereocenters. The van der Waals surface area contributed by atoms with Crippen molar-refractivity contribution in [3.8, 4) is 0 Å². The summed E-state index contributed by atoms with van der Waals surface area (Å²) in [4.78, 5) is 11.0. The zero-order chi connectivity index (χ0) is 4.28. The molecule has 0 heterocycles. The van der Waals surface area contributed by atoms with Crippen molar-refractivity contribution >= 4 is 55.0 Å². The number of hydrogen-bond donors (Lipinski definition) is 0. The molecule has 6 heavy (non-hydrogen) atoms.